The molecule has 1 aliphatic heterocycles. The quantitative estimate of drug-likeness (QED) is 0.485. The van der Waals surface area contributed by atoms with E-state index in [1.54, 1.807) is 0 Å². The number of hydrazine groups is 1. The Kier molecular flexibility index (Phi) is 8.71. The van der Waals surface area contributed by atoms with Crippen LogP contribution in [0.2, 0.25) is 0 Å². The zero-order chi connectivity index (χ0) is 23.6. The summed E-state index contributed by atoms with van der Waals surface area (Å²) in [7, 11) is 0. The maximum absolute atomic E-state index is 14.2. The molecule has 3 aromatic rings. The first-order valence-electron chi connectivity index (χ1n) is 12.3. The van der Waals surface area contributed by atoms with Crippen molar-refractivity contribution in [3.05, 3.63) is 108 Å². The van der Waals surface area contributed by atoms with Crippen LogP contribution in [0.5, 0.6) is 0 Å². The SMILES string of the molecule is O=C(N(Cc1ccccc1)[C@H](CO)Cc1ccccc1)N(Cc1ccccc1)N1CCCCC1. The van der Waals surface area contributed by atoms with E-state index in [9.17, 15) is 9.90 Å². The molecule has 0 aliphatic carbocycles. The molecular weight excluding hydrogens is 422 g/mol. The van der Waals surface area contributed by atoms with Crippen LogP contribution >= 0.6 is 0 Å². The van der Waals surface area contributed by atoms with Gasteiger partial charge in [-0.25, -0.2) is 9.80 Å². The van der Waals surface area contributed by atoms with Crippen molar-refractivity contribution >= 4 is 6.03 Å². The van der Waals surface area contributed by atoms with Crippen molar-refractivity contribution < 1.29 is 9.90 Å². The van der Waals surface area contributed by atoms with Gasteiger partial charge >= 0.3 is 6.03 Å². The lowest BCUT2D eigenvalue weighted by atomic mass is 10.0. The molecule has 4 rings (SSSR count). The van der Waals surface area contributed by atoms with Crippen molar-refractivity contribution in [1.82, 2.24) is 14.9 Å². The van der Waals surface area contributed by atoms with Crippen LogP contribution in [0.3, 0.4) is 0 Å². The van der Waals surface area contributed by atoms with Gasteiger partial charge in [0.2, 0.25) is 0 Å². The third-order valence-electron chi connectivity index (χ3n) is 6.48. The van der Waals surface area contributed by atoms with Crippen LogP contribution in [0.4, 0.5) is 4.79 Å². The molecule has 178 valence electrons. The van der Waals surface area contributed by atoms with Gasteiger partial charge in [-0.2, -0.15) is 0 Å². The summed E-state index contributed by atoms with van der Waals surface area (Å²) in [5, 5.41) is 14.6. The average Bonchev–Trinajstić information content (AvgIpc) is 2.91. The van der Waals surface area contributed by atoms with E-state index in [1.165, 1.54) is 6.42 Å². The number of carbonyl (C=O) groups is 1. The summed E-state index contributed by atoms with van der Waals surface area (Å²) in [5.41, 5.74) is 3.27. The van der Waals surface area contributed by atoms with Gasteiger partial charge in [0, 0.05) is 19.6 Å². The van der Waals surface area contributed by atoms with Crippen LogP contribution in [0.1, 0.15) is 36.0 Å². The summed E-state index contributed by atoms with van der Waals surface area (Å²) in [4.78, 5) is 16.1. The molecule has 0 saturated carbocycles. The topological polar surface area (TPSA) is 47.0 Å². The molecule has 0 aromatic heterocycles. The molecule has 0 bridgehead atoms. The third kappa shape index (κ3) is 6.46. The Labute approximate surface area is 203 Å². The van der Waals surface area contributed by atoms with Crippen molar-refractivity contribution in [1.29, 1.82) is 0 Å². The molecule has 0 unspecified atom stereocenters. The van der Waals surface area contributed by atoms with E-state index in [0.29, 0.717) is 19.5 Å². The number of hydrogen-bond acceptors (Lipinski definition) is 3. The van der Waals surface area contributed by atoms with Gasteiger partial charge in [-0.3, -0.25) is 5.01 Å². The predicted octanol–water partition coefficient (Wildman–Crippen LogP) is 5.12. The van der Waals surface area contributed by atoms with Gasteiger partial charge in [0.05, 0.1) is 19.2 Å². The van der Waals surface area contributed by atoms with E-state index in [2.05, 4.69) is 29.3 Å². The Bertz CT molecular complexity index is 992. The predicted molar refractivity (Wildman–Crippen MR) is 136 cm³/mol. The zero-order valence-corrected chi connectivity index (χ0v) is 19.8. The first kappa shape index (κ1) is 24.0. The number of aliphatic hydroxyl groups excluding tert-OH is 1. The second kappa shape index (κ2) is 12.4. The fourth-order valence-electron chi connectivity index (χ4n) is 4.60. The van der Waals surface area contributed by atoms with Crippen molar-refractivity contribution in [2.45, 2.75) is 44.8 Å². The van der Waals surface area contributed by atoms with Crippen LogP contribution in [0.25, 0.3) is 0 Å². The number of aliphatic hydroxyl groups is 1. The molecule has 0 spiro atoms. The van der Waals surface area contributed by atoms with Gasteiger partial charge in [-0.15, -0.1) is 0 Å². The Balaban J connectivity index is 1.64. The number of benzene rings is 3. The minimum Gasteiger partial charge on any atom is -0.394 e. The zero-order valence-electron chi connectivity index (χ0n) is 19.8. The lowest BCUT2D eigenvalue weighted by Gasteiger charge is -2.42. The minimum absolute atomic E-state index is 0.0513. The summed E-state index contributed by atoms with van der Waals surface area (Å²) in [6.07, 6.45) is 3.98. The molecule has 2 amide bonds. The van der Waals surface area contributed by atoms with E-state index >= 15 is 0 Å². The molecule has 1 N–H and O–H groups in total. The Morgan fingerprint density at radius 1 is 0.735 bits per heavy atom. The number of hydrogen-bond donors (Lipinski definition) is 1. The van der Waals surface area contributed by atoms with E-state index < -0.39 is 0 Å². The second-order valence-corrected chi connectivity index (χ2v) is 8.98. The van der Waals surface area contributed by atoms with Crippen molar-refractivity contribution in [2.75, 3.05) is 19.7 Å². The molecular formula is C29H35N3O2. The summed E-state index contributed by atoms with van der Waals surface area (Å²) < 4.78 is 0. The highest BCUT2D eigenvalue weighted by molar-refractivity contribution is 5.74. The lowest BCUT2D eigenvalue weighted by Crippen LogP contribution is -2.56. The maximum Gasteiger partial charge on any atom is 0.335 e. The molecule has 0 radical (unpaired) electrons. The summed E-state index contributed by atoms with van der Waals surface area (Å²) in [6.45, 7) is 2.64. The van der Waals surface area contributed by atoms with E-state index in [1.807, 2.05) is 76.6 Å². The van der Waals surface area contributed by atoms with Crippen molar-refractivity contribution in [3.63, 3.8) is 0 Å². The first-order valence-corrected chi connectivity index (χ1v) is 12.3. The molecule has 1 heterocycles. The standard InChI is InChI=1S/C29H35N3O2/c33-24-28(21-25-13-5-1-6-14-25)31(22-26-15-7-2-8-16-26)29(34)32(30-19-11-4-12-20-30)23-27-17-9-3-10-18-27/h1-3,5-10,13-18,28,33H,4,11-12,19-24H2/t28-/m0/s1. The van der Waals surface area contributed by atoms with Crippen LogP contribution in [-0.2, 0) is 19.5 Å². The molecule has 1 saturated heterocycles. The van der Waals surface area contributed by atoms with Crippen LogP contribution in [0, 0.1) is 0 Å². The number of carbonyl (C=O) groups excluding carboxylic acids is 1. The first-order chi connectivity index (χ1) is 16.7. The normalized spacial score (nSPS) is 15.0. The smallest absolute Gasteiger partial charge is 0.335 e. The van der Waals surface area contributed by atoms with Gasteiger partial charge in [-0.05, 0) is 36.0 Å². The fraction of sp³-hybridized carbons (Fsp3) is 0.345. The number of nitrogens with zero attached hydrogens (tertiary/aromatic N) is 3. The summed E-state index contributed by atoms with van der Waals surface area (Å²) in [5.74, 6) is 0. The minimum atomic E-state index is -0.321. The number of amides is 2. The largest absolute Gasteiger partial charge is 0.394 e. The summed E-state index contributed by atoms with van der Waals surface area (Å²) >= 11 is 0. The van der Waals surface area contributed by atoms with Gasteiger partial charge in [0.1, 0.15) is 0 Å². The third-order valence-corrected chi connectivity index (χ3v) is 6.48. The molecule has 3 aromatic carbocycles. The number of rotatable bonds is 9. The van der Waals surface area contributed by atoms with E-state index in [0.717, 1.165) is 42.6 Å². The summed E-state index contributed by atoms with van der Waals surface area (Å²) in [6, 6.07) is 30.0. The molecule has 1 fully saturated rings. The van der Waals surface area contributed by atoms with E-state index in [4.69, 9.17) is 0 Å². The van der Waals surface area contributed by atoms with Crippen molar-refractivity contribution in [3.8, 4) is 0 Å². The number of piperidine rings is 1. The molecule has 1 atom stereocenters. The lowest BCUT2D eigenvalue weighted by molar-refractivity contribution is -0.0300. The molecule has 1 aliphatic rings. The number of urea groups is 1. The van der Waals surface area contributed by atoms with Crippen LogP contribution < -0.4 is 0 Å². The van der Waals surface area contributed by atoms with E-state index in [-0.39, 0.29) is 18.7 Å². The van der Waals surface area contributed by atoms with Gasteiger partial charge in [-0.1, -0.05) is 97.4 Å². The fourth-order valence-corrected chi connectivity index (χ4v) is 4.60. The second-order valence-electron chi connectivity index (χ2n) is 8.98. The maximum atomic E-state index is 14.2. The molecule has 5 nitrogen and oxygen atoms in total. The highest BCUT2D eigenvalue weighted by Crippen LogP contribution is 2.21. The Morgan fingerprint density at radius 2 is 1.24 bits per heavy atom. The van der Waals surface area contributed by atoms with Crippen LogP contribution in [-0.4, -0.2) is 51.8 Å². The highest BCUT2D eigenvalue weighted by atomic mass is 16.3. The Hall–Kier alpha value is -3.15. The van der Waals surface area contributed by atoms with Crippen LogP contribution in [0.15, 0.2) is 91.0 Å². The van der Waals surface area contributed by atoms with Gasteiger partial charge < -0.3 is 10.0 Å². The molecule has 34 heavy (non-hydrogen) atoms. The highest BCUT2D eigenvalue weighted by Gasteiger charge is 2.32. The Morgan fingerprint density at radius 3 is 1.76 bits per heavy atom. The monoisotopic (exact) mass is 457 g/mol. The van der Waals surface area contributed by atoms with Crippen molar-refractivity contribution in [2.24, 2.45) is 0 Å². The van der Waals surface area contributed by atoms with Gasteiger partial charge in [0.25, 0.3) is 0 Å². The molecule has 5 heteroatoms. The average molecular weight is 458 g/mol. The van der Waals surface area contributed by atoms with Gasteiger partial charge in [0.15, 0.2) is 0 Å².